The van der Waals surface area contributed by atoms with Crippen molar-refractivity contribution in [3.05, 3.63) is 53.8 Å². The third kappa shape index (κ3) is 1.69. The normalized spacial score (nSPS) is 10.9. The molecule has 0 aliphatic heterocycles. The van der Waals surface area contributed by atoms with E-state index in [2.05, 4.69) is 16.3 Å². The summed E-state index contributed by atoms with van der Waals surface area (Å²) in [6, 6.07) is 12.6. The smallest absolute Gasteiger partial charge is 0.123 e. The summed E-state index contributed by atoms with van der Waals surface area (Å²) in [6.07, 6.45) is 0. The van der Waals surface area contributed by atoms with Crippen LogP contribution >= 0.6 is 0 Å². The third-order valence-electron chi connectivity index (χ3n) is 2.82. The van der Waals surface area contributed by atoms with Crippen LogP contribution in [0, 0.1) is 12.7 Å². The van der Waals surface area contributed by atoms with Crippen LogP contribution in [0.3, 0.4) is 0 Å². The minimum absolute atomic E-state index is 0.244. The van der Waals surface area contributed by atoms with Crippen LogP contribution in [0.25, 0.3) is 22.2 Å². The molecule has 0 fully saturated rings. The summed E-state index contributed by atoms with van der Waals surface area (Å²) in [5, 5.41) is 8.24. The number of hydrogen-bond donors (Lipinski definition) is 1. The highest BCUT2D eigenvalue weighted by Crippen LogP contribution is 2.27. The number of aromatic amines is 1. The van der Waals surface area contributed by atoms with Crippen molar-refractivity contribution in [3.8, 4) is 11.3 Å². The second-order valence-corrected chi connectivity index (χ2v) is 4.13. The van der Waals surface area contributed by atoms with Crippen molar-refractivity contribution in [1.29, 1.82) is 0 Å². The van der Waals surface area contributed by atoms with E-state index in [4.69, 9.17) is 0 Å². The van der Waals surface area contributed by atoms with E-state index < -0.39 is 0 Å². The molecule has 1 heterocycles. The maximum Gasteiger partial charge on any atom is 0.123 e. The molecule has 0 bridgehead atoms. The highest BCUT2D eigenvalue weighted by atomic mass is 19.1. The van der Waals surface area contributed by atoms with E-state index in [1.807, 2.05) is 25.1 Å². The fourth-order valence-corrected chi connectivity index (χ4v) is 1.98. The molecular weight excluding hydrogens is 215 g/mol. The Labute approximate surface area is 98.1 Å². The van der Waals surface area contributed by atoms with Crippen molar-refractivity contribution >= 4 is 10.9 Å². The predicted molar refractivity (Wildman–Crippen MR) is 66.2 cm³/mol. The summed E-state index contributed by atoms with van der Waals surface area (Å²) >= 11 is 0. The van der Waals surface area contributed by atoms with Gasteiger partial charge >= 0.3 is 0 Å². The van der Waals surface area contributed by atoms with Crippen LogP contribution in [-0.4, -0.2) is 10.2 Å². The van der Waals surface area contributed by atoms with Gasteiger partial charge in [0.05, 0.1) is 5.52 Å². The molecule has 0 atom stereocenters. The first-order valence-electron chi connectivity index (χ1n) is 5.45. The minimum atomic E-state index is -0.244. The molecule has 3 rings (SSSR count). The molecule has 0 spiro atoms. The molecule has 0 saturated carbocycles. The number of nitrogens with zero attached hydrogens (tertiary/aromatic N) is 1. The molecule has 1 aromatic heterocycles. The zero-order valence-corrected chi connectivity index (χ0v) is 9.37. The van der Waals surface area contributed by atoms with Crippen LogP contribution < -0.4 is 0 Å². The lowest BCUT2D eigenvalue weighted by Crippen LogP contribution is -1.81. The first-order chi connectivity index (χ1) is 8.24. The third-order valence-corrected chi connectivity index (χ3v) is 2.82. The highest BCUT2D eigenvalue weighted by molar-refractivity contribution is 5.93. The predicted octanol–water partition coefficient (Wildman–Crippen LogP) is 3.68. The fraction of sp³-hybridized carbons (Fsp3) is 0.0714. The van der Waals surface area contributed by atoms with Gasteiger partial charge in [-0.25, -0.2) is 4.39 Å². The summed E-state index contributed by atoms with van der Waals surface area (Å²) in [5.74, 6) is -0.244. The van der Waals surface area contributed by atoms with Gasteiger partial charge in [-0.2, -0.15) is 5.10 Å². The molecule has 0 unspecified atom stereocenters. The maximum atomic E-state index is 13.2. The van der Waals surface area contributed by atoms with Gasteiger partial charge < -0.3 is 0 Å². The number of nitrogens with one attached hydrogen (secondary N) is 1. The van der Waals surface area contributed by atoms with Gasteiger partial charge in [-0.05, 0) is 31.2 Å². The lowest BCUT2D eigenvalue weighted by atomic mass is 10.1. The molecule has 0 radical (unpaired) electrons. The zero-order valence-electron chi connectivity index (χ0n) is 9.37. The molecule has 3 heteroatoms. The molecule has 84 valence electrons. The van der Waals surface area contributed by atoms with Crippen LogP contribution in [0.5, 0.6) is 0 Å². The van der Waals surface area contributed by atoms with Crippen LogP contribution in [0.2, 0.25) is 0 Å². The van der Waals surface area contributed by atoms with Crippen LogP contribution in [0.1, 0.15) is 5.56 Å². The van der Waals surface area contributed by atoms with Crippen molar-refractivity contribution in [2.45, 2.75) is 6.92 Å². The highest BCUT2D eigenvalue weighted by Gasteiger charge is 2.08. The maximum absolute atomic E-state index is 13.2. The van der Waals surface area contributed by atoms with E-state index in [0.29, 0.717) is 0 Å². The average Bonchev–Trinajstić information content (AvgIpc) is 2.71. The Morgan fingerprint density at radius 2 is 2.00 bits per heavy atom. The van der Waals surface area contributed by atoms with Crippen LogP contribution in [0.15, 0.2) is 42.5 Å². The number of halogens is 1. The lowest BCUT2D eigenvalue weighted by Gasteiger charge is -1.98. The number of hydrogen-bond acceptors (Lipinski definition) is 1. The van der Waals surface area contributed by atoms with Crippen molar-refractivity contribution in [2.24, 2.45) is 0 Å². The van der Waals surface area contributed by atoms with E-state index in [-0.39, 0.29) is 5.82 Å². The Kier molecular flexibility index (Phi) is 2.18. The van der Waals surface area contributed by atoms with Gasteiger partial charge in [0.1, 0.15) is 11.5 Å². The molecule has 0 saturated heterocycles. The van der Waals surface area contributed by atoms with E-state index in [0.717, 1.165) is 27.7 Å². The van der Waals surface area contributed by atoms with Gasteiger partial charge in [0.15, 0.2) is 0 Å². The van der Waals surface area contributed by atoms with E-state index >= 15 is 0 Å². The van der Waals surface area contributed by atoms with Gasteiger partial charge in [0.2, 0.25) is 0 Å². The van der Waals surface area contributed by atoms with Gasteiger partial charge in [-0.3, -0.25) is 5.10 Å². The van der Waals surface area contributed by atoms with Crippen LogP contribution in [-0.2, 0) is 0 Å². The van der Waals surface area contributed by atoms with Crippen molar-refractivity contribution in [1.82, 2.24) is 10.2 Å². The number of benzene rings is 2. The average molecular weight is 226 g/mol. The SMILES string of the molecule is Cc1ccc2[nH]nc(-c3cccc(F)c3)c2c1. The van der Waals surface area contributed by atoms with E-state index in [9.17, 15) is 4.39 Å². The number of fused-ring (bicyclic) bond motifs is 1. The Morgan fingerprint density at radius 3 is 2.82 bits per heavy atom. The fourth-order valence-electron chi connectivity index (χ4n) is 1.98. The molecule has 17 heavy (non-hydrogen) atoms. The largest absolute Gasteiger partial charge is 0.277 e. The Hall–Kier alpha value is -2.16. The number of rotatable bonds is 1. The topological polar surface area (TPSA) is 28.7 Å². The Morgan fingerprint density at radius 1 is 1.12 bits per heavy atom. The Balaban J connectivity index is 2.27. The van der Waals surface area contributed by atoms with Gasteiger partial charge in [0, 0.05) is 10.9 Å². The molecule has 3 aromatic rings. The number of aryl methyl sites for hydroxylation is 1. The van der Waals surface area contributed by atoms with E-state index in [1.54, 1.807) is 6.07 Å². The molecule has 0 amide bonds. The molecule has 2 aromatic carbocycles. The minimum Gasteiger partial charge on any atom is -0.277 e. The molecule has 0 aliphatic carbocycles. The molecule has 2 nitrogen and oxygen atoms in total. The second-order valence-electron chi connectivity index (χ2n) is 4.13. The van der Waals surface area contributed by atoms with E-state index in [1.165, 1.54) is 12.1 Å². The molecule has 1 N–H and O–H groups in total. The van der Waals surface area contributed by atoms with Gasteiger partial charge in [-0.1, -0.05) is 23.8 Å². The number of H-pyrrole nitrogens is 1. The van der Waals surface area contributed by atoms with Crippen molar-refractivity contribution < 1.29 is 4.39 Å². The first-order valence-corrected chi connectivity index (χ1v) is 5.45. The first kappa shape index (κ1) is 10.0. The number of aromatic nitrogens is 2. The quantitative estimate of drug-likeness (QED) is 0.673. The van der Waals surface area contributed by atoms with Gasteiger partial charge in [0.25, 0.3) is 0 Å². The summed E-state index contributed by atoms with van der Waals surface area (Å²) in [6.45, 7) is 2.03. The van der Waals surface area contributed by atoms with Crippen molar-refractivity contribution in [2.75, 3.05) is 0 Å². The van der Waals surface area contributed by atoms with Crippen molar-refractivity contribution in [3.63, 3.8) is 0 Å². The standard InChI is InChI=1S/C14H11FN2/c1-9-5-6-13-12(7-9)14(17-16-13)10-3-2-4-11(15)8-10/h2-8H,1H3,(H,16,17). The summed E-state index contributed by atoms with van der Waals surface area (Å²) in [5.41, 5.74) is 3.72. The summed E-state index contributed by atoms with van der Waals surface area (Å²) in [7, 11) is 0. The second kappa shape index (κ2) is 3.70. The summed E-state index contributed by atoms with van der Waals surface area (Å²) < 4.78 is 13.2. The molecule has 0 aliphatic rings. The lowest BCUT2D eigenvalue weighted by molar-refractivity contribution is 0.628. The van der Waals surface area contributed by atoms with Gasteiger partial charge in [-0.15, -0.1) is 0 Å². The Bertz CT molecular complexity index is 686. The molecular formula is C14H11FN2. The summed E-state index contributed by atoms with van der Waals surface area (Å²) in [4.78, 5) is 0. The monoisotopic (exact) mass is 226 g/mol. The van der Waals surface area contributed by atoms with Crippen LogP contribution in [0.4, 0.5) is 4.39 Å². The zero-order chi connectivity index (χ0) is 11.8.